The molecule has 0 aromatic heterocycles. The summed E-state index contributed by atoms with van der Waals surface area (Å²) in [4.78, 5) is 11.6. The fourth-order valence-corrected chi connectivity index (χ4v) is 3.23. The van der Waals surface area contributed by atoms with Crippen molar-refractivity contribution >= 4 is 18.6 Å². The molecule has 0 amide bonds. The number of hydrogen-bond donors (Lipinski definition) is 4. The van der Waals surface area contributed by atoms with Gasteiger partial charge in [0, 0.05) is 6.42 Å². The van der Waals surface area contributed by atoms with Crippen molar-refractivity contribution in [1.82, 2.24) is 0 Å². The molecule has 6 heteroatoms. The molecule has 0 heterocycles. The van der Waals surface area contributed by atoms with E-state index in [1.807, 2.05) is 0 Å². The van der Waals surface area contributed by atoms with Gasteiger partial charge >= 0.3 is 5.97 Å². The maximum Gasteiger partial charge on any atom is 0.309 e. The zero-order chi connectivity index (χ0) is 20.4. The Morgan fingerprint density at radius 1 is 0.852 bits per heavy atom. The Hall–Kier alpha value is -0.300. The van der Waals surface area contributed by atoms with Crippen LogP contribution < -0.4 is 0 Å². The Bertz CT molecular complexity index is 349. The second-order valence-electron chi connectivity index (χ2n) is 7.53. The SMILES string of the molecule is CCCCCCCCCCCCCCCCCC(=O)OC(O)(S)C(O)CO. The van der Waals surface area contributed by atoms with Gasteiger partial charge in [-0.1, -0.05) is 109 Å². The smallest absolute Gasteiger partial charge is 0.309 e. The van der Waals surface area contributed by atoms with Gasteiger partial charge in [0.25, 0.3) is 5.12 Å². The minimum absolute atomic E-state index is 0.180. The van der Waals surface area contributed by atoms with Crippen LogP contribution in [0.1, 0.15) is 110 Å². The van der Waals surface area contributed by atoms with Crippen molar-refractivity contribution in [1.29, 1.82) is 0 Å². The van der Waals surface area contributed by atoms with E-state index >= 15 is 0 Å². The third kappa shape index (κ3) is 16.4. The molecule has 0 radical (unpaired) electrons. The highest BCUT2D eigenvalue weighted by Gasteiger charge is 2.35. The van der Waals surface area contributed by atoms with Gasteiger partial charge in [-0.3, -0.25) is 4.79 Å². The molecule has 2 unspecified atom stereocenters. The topological polar surface area (TPSA) is 87.0 Å². The summed E-state index contributed by atoms with van der Waals surface area (Å²) in [5.74, 6) is -0.616. The Kier molecular flexibility index (Phi) is 17.6. The van der Waals surface area contributed by atoms with Crippen LogP contribution in [-0.2, 0) is 9.53 Å². The fraction of sp³-hybridized carbons (Fsp3) is 0.952. The molecule has 0 aromatic rings. The first-order chi connectivity index (χ1) is 12.9. The zero-order valence-corrected chi connectivity index (χ0v) is 18.1. The molecule has 0 aliphatic carbocycles. The third-order valence-electron chi connectivity index (χ3n) is 4.86. The van der Waals surface area contributed by atoms with Crippen LogP contribution in [0.3, 0.4) is 0 Å². The van der Waals surface area contributed by atoms with Crippen LogP contribution in [0.15, 0.2) is 0 Å². The molecule has 5 nitrogen and oxygen atoms in total. The van der Waals surface area contributed by atoms with Crippen molar-refractivity contribution in [3.05, 3.63) is 0 Å². The van der Waals surface area contributed by atoms with Gasteiger partial charge in [-0.2, -0.15) is 0 Å². The van der Waals surface area contributed by atoms with Crippen LogP contribution in [0.2, 0.25) is 0 Å². The van der Waals surface area contributed by atoms with E-state index in [-0.39, 0.29) is 6.42 Å². The van der Waals surface area contributed by atoms with Crippen molar-refractivity contribution in [3.8, 4) is 0 Å². The van der Waals surface area contributed by atoms with E-state index in [0.29, 0.717) is 6.42 Å². The Morgan fingerprint density at radius 3 is 1.59 bits per heavy atom. The predicted octanol–water partition coefficient (Wildman–Crippen LogP) is 4.72. The van der Waals surface area contributed by atoms with Crippen LogP contribution in [0.4, 0.5) is 0 Å². The predicted molar refractivity (Wildman–Crippen MR) is 113 cm³/mol. The molecule has 0 aromatic carbocycles. The first-order valence-corrected chi connectivity index (χ1v) is 11.3. The summed E-state index contributed by atoms with van der Waals surface area (Å²) in [6, 6.07) is 0. The van der Waals surface area contributed by atoms with Gasteiger partial charge in [0.05, 0.1) is 6.61 Å². The lowest BCUT2D eigenvalue weighted by atomic mass is 10.0. The lowest BCUT2D eigenvalue weighted by Crippen LogP contribution is -2.43. The summed E-state index contributed by atoms with van der Waals surface area (Å²) in [5, 5.41) is 25.3. The minimum atomic E-state index is -2.33. The monoisotopic (exact) mass is 406 g/mol. The molecule has 0 fully saturated rings. The average molecular weight is 407 g/mol. The van der Waals surface area contributed by atoms with Crippen molar-refractivity contribution in [2.75, 3.05) is 6.61 Å². The summed E-state index contributed by atoms with van der Waals surface area (Å²) in [5.41, 5.74) is 0. The molecule has 0 rings (SSSR count). The standard InChI is InChI=1S/C21H42O5S/c1-2-3-4-5-6-7-8-9-10-11-12-13-14-15-16-17-20(24)26-21(25,27)19(23)18-22/h19,22-23,25,27H,2-18H2,1H3. The van der Waals surface area contributed by atoms with E-state index in [2.05, 4.69) is 24.3 Å². The van der Waals surface area contributed by atoms with E-state index in [0.717, 1.165) is 12.8 Å². The molecule has 2 atom stereocenters. The van der Waals surface area contributed by atoms with Crippen LogP contribution >= 0.6 is 12.6 Å². The molecule has 0 aliphatic heterocycles. The summed E-state index contributed by atoms with van der Waals surface area (Å²) in [7, 11) is 0. The van der Waals surface area contributed by atoms with Gasteiger partial charge in [0.2, 0.25) is 0 Å². The number of ether oxygens (including phenoxy) is 1. The molecular weight excluding hydrogens is 364 g/mol. The zero-order valence-electron chi connectivity index (χ0n) is 17.2. The lowest BCUT2D eigenvalue weighted by Gasteiger charge is -2.26. The maximum atomic E-state index is 11.6. The van der Waals surface area contributed by atoms with Gasteiger partial charge in [0.15, 0.2) is 6.10 Å². The summed E-state index contributed by atoms with van der Waals surface area (Å²) in [6.45, 7) is 1.52. The van der Waals surface area contributed by atoms with Gasteiger partial charge in [-0.15, -0.1) is 0 Å². The second-order valence-corrected chi connectivity index (χ2v) is 8.17. The number of carbonyl (C=O) groups is 1. The first-order valence-electron chi connectivity index (χ1n) is 10.9. The van der Waals surface area contributed by atoms with Crippen molar-refractivity contribution in [3.63, 3.8) is 0 Å². The largest absolute Gasteiger partial charge is 0.420 e. The number of rotatable bonds is 19. The molecule has 0 bridgehead atoms. The molecule has 0 spiro atoms. The molecule has 0 saturated carbocycles. The number of hydrogen-bond acceptors (Lipinski definition) is 6. The van der Waals surface area contributed by atoms with Crippen molar-refractivity contribution in [2.24, 2.45) is 0 Å². The van der Waals surface area contributed by atoms with Crippen LogP contribution in [0.5, 0.6) is 0 Å². The first kappa shape index (κ1) is 26.7. The van der Waals surface area contributed by atoms with Crippen molar-refractivity contribution < 1.29 is 24.9 Å². The molecule has 27 heavy (non-hydrogen) atoms. The van der Waals surface area contributed by atoms with E-state index in [4.69, 9.17) is 5.11 Å². The number of unbranched alkanes of at least 4 members (excludes halogenated alkanes) is 14. The van der Waals surface area contributed by atoms with Crippen molar-refractivity contribution in [2.45, 2.75) is 121 Å². The maximum absolute atomic E-state index is 11.6. The van der Waals surface area contributed by atoms with E-state index in [1.54, 1.807) is 0 Å². The Labute approximate surface area is 171 Å². The molecule has 3 N–H and O–H groups in total. The van der Waals surface area contributed by atoms with Crippen LogP contribution in [0, 0.1) is 0 Å². The van der Waals surface area contributed by atoms with E-state index in [9.17, 15) is 15.0 Å². The molecule has 0 aliphatic rings. The van der Waals surface area contributed by atoms with Crippen LogP contribution in [0.25, 0.3) is 0 Å². The summed E-state index contributed by atoms with van der Waals surface area (Å²) in [6.07, 6.45) is 17.3. The molecule has 0 saturated heterocycles. The highest BCUT2D eigenvalue weighted by molar-refractivity contribution is 7.81. The van der Waals surface area contributed by atoms with Gasteiger partial charge in [-0.05, 0) is 6.42 Å². The lowest BCUT2D eigenvalue weighted by molar-refractivity contribution is -0.205. The average Bonchev–Trinajstić information content (AvgIpc) is 2.63. The number of carbonyl (C=O) groups excluding carboxylic acids is 1. The number of aliphatic hydroxyl groups is 3. The minimum Gasteiger partial charge on any atom is -0.420 e. The Morgan fingerprint density at radius 2 is 1.22 bits per heavy atom. The third-order valence-corrected chi connectivity index (χ3v) is 5.24. The molecular formula is C21H42O5S. The second kappa shape index (κ2) is 17.8. The summed E-state index contributed by atoms with van der Waals surface area (Å²) < 4.78 is 4.68. The highest BCUT2D eigenvalue weighted by atomic mass is 32.1. The van der Waals surface area contributed by atoms with Crippen LogP contribution in [-0.4, -0.2) is 39.1 Å². The normalized spacial score (nSPS) is 14.7. The highest BCUT2D eigenvalue weighted by Crippen LogP contribution is 2.19. The number of aliphatic hydroxyl groups excluding tert-OH is 2. The summed E-state index contributed by atoms with van der Waals surface area (Å²) >= 11 is 3.65. The van der Waals surface area contributed by atoms with Gasteiger partial charge < -0.3 is 20.1 Å². The quantitative estimate of drug-likeness (QED) is 0.108. The van der Waals surface area contributed by atoms with Gasteiger partial charge in [0.1, 0.15) is 0 Å². The molecule has 162 valence electrons. The Balaban J connectivity index is 3.34. The van der Waals surface area contributed by atoms with E-state index in [1.165, 1.54) is 77.0 Å². The number of thiol groups is 1. The fourth-order valence-electron chi connectivity index (χ4n) is 3.05. The van der Waals surface area contributed by atoms with E-state index < -0.39 is 23.8 Å². The van der Waals surface area contributed by atoms with Gasteiger partial charge in [-0.25, -0.2) is 0 Å². The number of esters is 1.